The maximum absolute atomic E-state index is 12.9. The molecule has 0 aromatic carbocycles. The van der Waals surface area contributed by atoms with Gasteiger partial charge in [-0.25, -0.2) is 19.0 Å². The highest BCUT2D eigenvalue weighted by atomic mass is 19.1. The molecular formula is C15H12FN5O. The van der Waals surface area contributed by atoms with Crippen molar-refractivity contribution in [2.45, 2.75) is 6.92 Å². The van der Waals surface area contributed by atoms with E-state index in [0.29, 0.717) is 11.4 Å². The summed E-state index contributed by atoms with van der Waals surface area (Å²) >= 11 is 0. The molecule has 0 saturated heterocycles. The number of hydrogen-bond acceptors (Lipinski definition) is 4. The van der Waals surface area contributed by atoms with Crippen LogP contribution in [0, 0.1) is 12.7 Å². The van der Waals surface area contributed by atoms with Crippen molar-refractivity contribution in [3.63, 3.8) is 0 Å². The Morgan fingerprint density at radius 1 is 1.27 bits per heavy atom. The molecule has 1 amide bonds. The molecule has 6 nitrogen and oxygen atoms in total. The van der Waals surface area contributed by atoms with Gasteiger partial charge in [0.15, 0.2) is 5.69 Å². The van der Waals surface area contributed by atoms with Gasteiger partial charge in [-0.3, -0.25) is 4.79 Å². The molecule has 0 bridgehead atoms. The first-order chi connectivity index (χ1) is 10.6. The summed E-state index contributed by atoms with van der Waals surface area (Å²) in [5.41, 5.74) is 1.47. The van der Waals surface area contributed by atoms with Gasteiger partial charge in [0.25, 0.3) is 5.91 Å². The number of nitrogens with zero attached hydrogens (tertiary/aromatic N) is 4. The Morgan fingerprint density at radius 3 is 2.82 bits per heavy atom. The molecule has 3 aromatic heterocycles. The monoisotopic (exact) mass is 297 g/mol. The van der Waals surface area contributed by atoms with Gasteiger partial charge in [0.2, 0.25) is 0 Å². The highest BCUT2D eigenvalue weighted by Gasteiger charge is 2.16. The van der Waals surface area contributed by atoms with E-state index < -0.39 is 11.7 Å². The first-order valence-corrected chi connectivity index (χ1v) is 6.54. The largest absolute Gasteiger partial charge is 0.305 e. The Balaban J connectivity index is 1.94. The van der Waals surface area contributed by atoms with E-state index in [0.717, 1.165) is 6.20 Å². The van der Waals surface area contributed by atoms with Crippen molar-refractivity contribution in [2.75, 3.05) is 5.32 Å². The first-order valence-electron chi connectivity index (χ1n) is 6.54. The molecule has 110 valence electrons. The van der Waals surface area contributed by atoms with Crippen LogP contribution in [0.3, 0.4) is 0 Å². The molecule has 0 aliphatic carbocycles. The highest BCUT2D eigenvalue weighted by molar-refractivity contribution is 6.04. The number of aromatic nitrogens is 4. The average Bonchev–Trinajstić information content (AvgIpc) is 3.03. The third-order valence-corrected chi connectivity index (χ3v) is 2.95. The van der Waals surface area contributed by atoms with Crippen LogP contribution >= 0.6 is 0 Å². The fraction of sp³-hybridized carbons (Fsp3) is 0.0667. The highest BCUT2D eigenvalue weighted by Crippen LogP contribution is 2.14. The SMILES string of the molecule is Cc1ccc(-n2cccn2)c(C(=O)Nc2ccc(F)cn2)n1. The molecule has 22 heavy (non-hydrogen) atoms. The molecule has 0 radical (unpaired) electrons. The van der Waals surface area contributed by atoms with Gasteiger partial charge in [-0.05, 0) is 37.3 Å². The molecule has 3 aromatic rings. The summed E-state index contributed by atoms with van der Waals surface area (Å²) < 4.78 is 14.4. The summed E-state index contributed by atoms with van der Waals surface area (Å²) in [4.78, 5) is 20.5. The van der Waals surface area contributed by atoms with E-state index in [1.165, 1.54) is 12.1 Å². The molecule has 7 heteroatoms. The minimum Gasteiger partial charge on any atom is -0.305 e. The number of aryl methyl sites for hydroxylation is 1. The summed E-state index contributed by atoms with van der Waals surface area (Å²) in [6, 6.07) is 7.92. The van der Waals surface area contributed by atoms with Crippen molar-refractivity contribution < 1.29 is 9.18 Å². The van der Waals surface area contributed by atoms with Crippen LogP contribution in [0.1, 0.15) is 16.2 Å². The minimum absolute atomic E-state index is 0.217. The second-order valence-electron chi connectivity index (χ2n) is 4.59. The second-order valence-corrected chi connectivity index (χ2v) is 4.59. The molecule has 0 unspecified atom stereocenters. The van der Waals surface area contributed by atoms with Crippen molar-refractivity contribution in [1.82, 2.24) is 19.7 Å². The number of nitrogens with one attached hydrogen (secondary N) is 1. The van der Waals surface area contributed by atoms with Crippen LogP contribution in [-0.2, 0) is 0 Å². The predicted molar refractivity (Wildman–Crippen MR) is 78.2 cm³/mol. The van der Waals surface area contributed by atoms with E-state index in [4.69, 9.17) is 0 Å². The Morgan fingerprint density at radius 2 is 2.14 bits per heavy atom. The normalized spacial score (nSPS) is 10.5. The van der Waals surface area contributed by atoms with Gasteiger partial charge in [-0.15, -0.1) is 0 Å². The van der Waals surface area contributed by atoms with Crippen molar-refractivity contribution in [1.29, 1.82) is 0 Å². The van der Waals surface area contributed by atoms with Gasteiger partial charge in [0, 0.05) is 18.1 Å². The van der Waals surface area contributed by atoms with Crippen LogP contribution in [0.4, 0.5) is 10.2 Å². The van der Waals surface area contributed by atoms with Gasteiger partial charge in [0.1, 0.15) is 11.6 Å². The van der Waals surface area contributed by atoms with E-state index in [2.05, 4.69) is 20.4 Å². The summed E-state index contributed by atoms with van der Waals surface area (Å²) in [5, 5.41) is 6.70. The predicted octanol–water partition coefficient (Wildman–Crippen LogP) is 2.36. The summed E-state index contributed by atoms with van der Waals surface area (Å²) in [7, 11) is 0. The van der Waals surface area contributed by atoms with Crippen LogP contribution < -0.4 is 5.32 Å². The number of rotatable bonds is 3. The number of carbonyl (C=O) groups is 1. The fourth-order valence-corrected chi connectivity index (χ4v) is 1.94. The van der Waals surface area contributed by atoms with E-state index in [9.17, 15) is 9.18 Å². The molecule has 0 saturated carbocycles. The zero-order valence-electron chi connectivity index (χ0n) is 11.7. The standard InChI is InChI=1S/C15H12FN5O/c1-10-3-5-12(21-8-2-7-18-21)14(19-10)15(22)20-13-6-4-11(16)9-17-13/h2-9H,1H3,(H,17,20,22). The van der Waals surface area contributed by atoms with E-state index in [1.54, 1.807) is 42.2 Å². The summed E-state index contributed by atoms with van der Waals surface area (Å²) in [6.07, 6.45) is 4.37. The molecule has 0 spiro atoms. The Labute approximate surface area is 125 Å². The molecule has 3 rings (SSSR count). The maximum Gasteiger partial charge on any atom is 0.277 e. The Kier molecular flexibility index (Phi) is 3.61. The lowest BCUT2D eigenvalue weighted by Gasteiger charge is -2.10. The van der Waals surface area contributed by atoms with Gasteiger partial charge in [-0.2, -0.15) is 5.10 Å². The first kappa shape index (κ1) is 13.9. The van der Waals surface area contributed by atoms with E-state index >= 15 is 0 Å². The fourth-order valence-electron chi connectivity index (χ4n) is 1.94. The molecule has 3 heterocycles. The van der Waals surface area contributed by atoms with Crippen molar-refractivity contribution >= 4 is 11.7 Å². The van der Waals surface area contributed by atoms with Gasteiger partial charge in [-0.1, -0.05) is 0 Å². The average molecular weight is 297 g/mol. The van der Waals surface area contributed by atoms with E-state index in [1.807, 2.05) is 0 Å². The van der Waals surface area contributed by atoms with Crippen LogP contribution in [0.15, 0.2) is 48.9 Å². The Bertz CT molecular complexity index is 799. The Hall–Kier alpha value is -3.09. The number of carbonyl (C=O) groups excluding carboxylic acids is 1. The molecule has 0 aliphatic heterocycles. The van der Waals surface area contributed by atoms with E-state index in [-0.39, 0.29) is 11.5 Å². The van der Waals surface area contributed by atoms with Crippen LogP contribution in [-0.4, -0.2) is 25.7 Å². The molecule has 0 fully saturated rings. The van der Waals surface area contributed by atoms with Gasteiger partial charge >= 0.3 is 0 Å². The topological polar surface area (TPSA) is 72.7 Å². The number of halogens is 1. The zero-order valence-corrected chi connectivity index (χ0v) is 11.7. The van der Waals surface area contributed by atoms with Crippen LogP contribution in [0.25, 0.3) is 5.69 Å². The third-order valence-electron chi connectivity index (χ3n) is 2.95. The molecule has 0 atom stereocenters. The quantitative estimate of drug-likeness (QED) is 0.805. The molecule has 1 N–H and O–H groups in total. The molecule has 0 aliphatic rings. The summed E-state index contributed by atoms with van der Waals surface area (Å²) in [5.74, 6) is -0.654. The van der Waals surface area contributed by atoms with Crippen molar-refractivity contribution in [3.05, 3.63) is 66.1 Å². The number of pyridine rings is 2. The lowest BCUT2D eigenvalue weighted by molar-refractivity contribution is 0.102. The van der Waals surface area contributed by atoms with Crippen molar-refractivity contribution in [2.24, 2.45) is 0 Å². The smallest absolute Gasteiger partial charge is 0.277 e. The lowest BCUT2D eigenvalue weighted by atomic mass is 10.2. The van der Waals surface area contributed by atoms with Gasteiger partial charge in [0.05, 0.1) is 11.9 Å². The number of hydrogen-bond donors (Lipinski definition) is 1. The third kappa shape index (κ3) is 2.83. The van der Waals surface area contributed by atoms with Crippen LogP contribution in [0.2, 0.25) is 0 Å². The maximum atomic E-state index is 12.9. The number of amides is 1. The number of anilines is 1. The van der Waals surface area contributed by atoms with Gasteiger partial charge < -0.3 is 5.32 Å². The molecular weight excluding hydrogens is 285 g/mol. The minimum atomic E-state index is -0.469. The lowest BCUT2D eigenvalue weighted by Crippen LogP contribution is -2.18. The summed E-state index contributed by atoms with van der Waals surface area (Å²) in [6.45, 7) is 1.79. The van der Waals surface area contributed by atoms with Crippen molar-refractivity contribution in [3.8, 4) is 5.69 Å². The van der Waals surface area contributed by atoms with Crippen LogP contribution in [0.5, 0.6) is 0 Å². The second kappa shape index (κ2) is 5.72. The zero-order chi connectivity index (χ0) is 15.5.